The van der Waals surface area contributed by atoms with Crippen LogP contribution in [0.4, 0.5) is 0 Å². The van der Waals surface area contributed by atoms with Crippen molar-refractivity contribution < 1.29 is 0 Å². The molecule has 4 rings (SSSR count). The van der Waals surface area contributed by atoms with E-state index in [0.717, 1.165) is 11.4 Å². The average molecular weight is 432 g/mol. The Morgan fingerprint density at radius 2 is 1.86 bits per heavy atom. The predicted octanol–water partition coefficient (Wildman–Crippen LogP) is 3.31. The van der Waals surface area contributed by atoms with Crippen molar-refractivity contribution in [2.45, 2.75) is 26.9 Å². The van der Waals surface area contributed by atoms with Gasteiger partial charge in [-0.2, -0.15) is 4.98 Å². The van der Waals surface area contributed by atoms with E-state index < -0.39 is 11.2 Å². The molecule has 9 heteroatoms. The normalized spacial score (nSPS) is 11.6. The Kier molecular flexibility index (Phi) is 4.67. The van der Waals surface area contributed by atoms with E-state index >= 15 is 0 Å². The van der Waals surface area contributed by atoms with E-state index in [1.807, 2.05) is 18.4 Å². The highest BCUT2D eigenvalue weighted by molar-refractivity contribution is 6.35. The largest absolute Gasteiger partial charge is 0.332 e. The maximum absolute atomic E-state index is 13.4. The molecule has 29 heavy (non-hydrogen) atoms. The number of hydrogen-bond acceptors (Lipinski definition) is 3. The Morgan fingerprint density at radius 3 is 2.52 bits per heavy atom. The zero-order chi connectivity index (χ0) is 21.0. The molecule has 0 saturated carbocycles. The number of halogens is 2. The Bertz CT molecular complexity index is 1420. The van der Waals surface area contributed by atoms with Gasteiger partial charge in [0.05, 0.1) is 6.54 Å². The lowest BCUT2D eigenvalue weighted by molar-refractivity contribution is 0.656. The van der Waals surface area contributed by atoms with Gasteiger partial charge in [-0.1, -0.05) is 35.3 Å². The summed E-state index contributed by atoms with van der Waals surface area (Å²) in [6.45, 7) is 8.27. The number of benzene rings is 1. The van der Waals surface area contributed by atoms with Gasteiger partial charge in [-0.15, -0.1) is 6.58 Å². The molecule has 0 bridgehead atoms. The smallest absolute Gasteiger partial charge is 0.310 e. The average Bonchev–Trinajstić information content (AvgIpc) is 3.17. The van der Waals surface area contributed by atoms with E-state index in [2.05, 4.69) is 11.6 Å². The van der Waals surface area contributed by atoms with Gasteiger partial charge in [0.15, 0.2) is 11.2 Å². The second-order valence-corrected chi connectivity index (χ2v) is 7.80. The van der Waals surface area contributed by atoms with E-state index in [-0.39, 0.29) is 6.54 Å². The number of rotatable bonds is 4. The molecule has 0 saturated heterocycles. The number of imidazole rings is 2. The predicted molar refractivity (Wildman–Crippen MR) is 115 cm³/mol. The molecule has 0 aliphatic heterocycles. The van der Waals surface area contributed by atoms with Crippen molar-refractivity contribution in [2.24, 2.45) is 7.05 Å². The molecule has 0 amide bonds. The van der Waals surface area contributed by atoms with Crippen molar-refractivity contribution in [3.63, 3.8) is 0 Å². The van der Waals surface area contributed by atoms with Gasteiger partial charge in [-0.05, 0) is 31.5 Å². The van der Waals surface area contributed by atoms with Gasteiger partial charge in [0, 0.05) is 35.0 Å². The summed E-state index contributed by atoms with van der Waals surface area (Å²) < 4.78 is 6.33. The first-order valence-electron chi connectivity index (χ1n) is 8.98. The number of nitrogens with zero attached hydrogens (tertiary/aromatic N) is 5. The fourth-order valence-corrected chi connectivity index (χ4v) is 4.09. The summed E-state index contributed by atoms with van der Waals surface area (Å²) in [6, 6.07) is 4.98. The lowest BCUT2D eigenvalue weighted by Crippen LogP contribution is -2.39. The fraction of sp³-hybridized carbons (Fsp3) is 0.250. The SMILES string of the molecule is C=CCn1c(C)c(C)n2c3c(=O)n(Cc4ccc(Cl)cc4Cl)c(=O)n(C)c3nc12. The van der Waals surface area contributed by atoms with Crippen LogP contribution in [-0.2, 0) is 20.1 Å². The molecule has 0 N–H and O–H groups in total. The van der Waals surface area contributed by atoms with E-state index in [4.69, 9.17) is 23.2 Å². The van der Waals surface area contributed by atoms with Crippen molar-refractivity contribution in [1.82, 2.24) is 23.1 Å². The van der Waals surface area contributed by atoms with Gasteiger partial charge >= 0.3 is 5.69 Å². The highest BCUT2D eigenvalue weighted by Crippen LogP contribution is 2.23. The molecule has 0 fully saturated rings. The molecule has 0 aliphatic rings. The highest BCUT2D eigenvalue weighted by atomic mass is 35.5. The van der Waals surface area contributed by atoms with Crippen molar-refractivity contribution in [3.8, 4) is 0 Å². The molecule has 3 heterocycles. The quantitative estimate of drug-likeness (QED) is 0.465. The van der Waals surface area contributed by atoms with Gasteiger partial charge in [-0.25, -0.2) is 4.79 Å². The molecule has 0 spiro atoms. The maximum atomic E-state index is 13.4. The van der Waals surface area contributed by atoms with Crippen LogP contribution < -0.4 is 11.2 Å². The van der Waals surface area contributed by atoms with Crippen LogP contribution in [0.1, 0.15) is 17.0 Å². The third kappa shape index (κ3) is 2.84. The molecule has 4 aromatic rings. The van der Waals surface area contributed by atoms with Crippen molar-refractivity contribution in [3.05, 3.63) is 78.7 Å². The van der Waals surface area contributed by atoms with Gasteiger partial charge in [0.2, 0.25) is 5.78 Å². The summed E-state index contributed by atoms with van der Waals surface area (Å²) in [4.78, 5) is 30.9. The monoisotopic (exact) mass is 431 g/mol. The second kappa shape index (κ2) is 6.93. The van der Waals surface area contributed by atoms with Crippen LogP contribution in [0.2, 0.25) is 10.0 Å². The first kappa shape index (κ1) is 19.5. The van der Waals surface area contributed by atoms with E-state index in [1.165, 1.54) is 9.13 Å². The zero-order valence-corrected chi connectivity index (χ0v) is 17.8. The highest BCUT2D eigenvalue weighted by Gasteiger charge is 2.22. The molecule has 7 nitrogen and oxygen atoms in total. The van der Waals surface area contributed by atoms with E-state index in [0.29, 0.717) is 39.1 Å². The molecule has 0 unspecified atom stereocenters. The van der Waals surface area contributed by atoms with Crippen LogP contribution in [-0.4, -0.2) is 23.1 Å². The van der Waals surface area contributed by atoms with Crippen molar-refractivity contribution >= 4 is 40.1 Å². The molecule has 3 aromatic heterocycles. The number of allylic oxidation sites excluding steroid dienone is 1. The molecular weight excluding hydrogens is 413 g/mol. The standard InChI is InChI=1S/C20H19Cl2N5O2/c1-5-8-25-11(2)12(3)27-16-17(23-19(25)27)24(4)20(29)26(18(16)28)10-13-6-7-14(21)9-15(13)22/h5-7,9H,1,8,10H2,2-4H3. The summed E-state index contributed by atoms with van der Waals surface area (Å²) in [5, 5.41) is 0.885. The number of aromatic nitrogens is 5. The summed E-state index contributed by atoms with van der Waals surface area (Å²) >= 11 is 12.2. The molecule has 0 atom stereocenters. The number of hydrogen-bond donors (Lipinski definition) is 0. The summed E-state index contributed by atoms with van der Waals surface area (Å²) in [5.41, 5.74) is 2.32. The van der Waals surface area contributed by atoms with Crippen LogP contribution in [0, 0.1) is 13.8 Å². The van der Waals surface area contributed by atoms with E-state index in [1.54, 1.807) is 35.7 Å². The summed E-state index contributed by atoms with van der Waals surface area (Å²) in [6.07, 6.45) is 1.77. The van der Waals surface area contributed by atoms with Crippen LogP contribution in [0.3, 0.4) is 0 Å². The van der Waals surface area contributed by atoms with Crippen LogP contribution >= 0.6 is 23.2 Å². The summed E-state index contributed by atoms with van der Waals surface area (Å²) in [5.74, 6) is 0.601. The third-order valence-electron chi connectivity index (χ3n) is 5.29. The lowest BCUT2D eigenvalue weighted by Gasteiger charge is -2.10. The molecule has 1 aromatic carbocycles. The Labute approximate surface area is 176 Å². The minimum absolute atomic E-state index is 0.0378. The minimum Gasteiger partial charge on any atom is -0.310 e. The minimum atomic E-state index is -0.459. The van der Waals surface area contributed by atoms with Crippen molar-refractivity contribution in [2.75, 3.05) is 0 Å². The Balaban J connectivity index is 2.06. The fourth-order valence-electron chi connectivity index (χ4n) is 3.62. The molecule has 0 aliphatic carbocycles. The second-order valence-electron chi connectivity index (χ2n) is 6.96. The number of aryl methyl sites for hydroxylation is 2. The molecule has 0 radical (unpaired) electrons. The molecule has 150 valence electrons. The van der Waals surface area contributed by atoms with Gasteiger partial charge in [0.1, 0.15) is 0 Å². The van der Waals surface area contributed by atoms with Gasteiger partial charge in [-0.3, -0.25) is 18.3 Å². The van der Waals surface area contributed by atoms with Gasteiger partial charge in [0.25, 0.3) is 5.56 Å². The first-order chi connectivity index (χ1) is 13.8. The summed E-state index contributed by atoms with van der Waals surface area (Å²) in [7, 11) is 1.61. The third-order valence-corrected chi connectivity index (χ3v) is 5.87. The molecular formula is C20H19Cl2N5O2. The van der Waals surface area contributed by atoms with Crippen molar-refractivity contribution in [1.29, 1.82) is 0 Å². The topological polar surface area (TPSA) is 66.2 Å². The number of fused-ring (bicyclic) bond motifs is 3. The lowest BCUT2D eigenvalue weighted by atomic mass is 10.2. The van der Waals surface area contributed by atoms with E-state index in [9.17, 15) is 9.59 Å². The maximum Gasteiger partial charge on any atom is 0.332 e. The zero-order valence-electron chi connectivity index (χ0n) is 16.2. The van der Waals surface area contributed by atoms with Crippen LogP contribution in [0.25, 0.3) is 16.9 Å². The van der Waals surface area contributed by atoms with Crippen LogP contribution in [0.5, 0.6) is 0 Å². The Morgan fingerprint density at radius 1 is 1.14 bits per heavy atom. The van der Waals surface area contributed by atoms with Crippen LogP contribution in [0.15, 0.2) is 40.4 Å². The van der Waals surface area contributed by atoms with Gasteiger partial charge < -0.3 is 4.57 Å². The first-order valence-corrected chi connectivity index (χ1v) is 9.74. The Hall–Kier alpha value is -2.77.